The zero-order valence-electron chi connectivity index (χ0n) is 11.8. The topological polar surface area (TPSA) is 27.1 Å². The molecule has 114 valence electrons. The van der Waals surface area contributed by atoms with Crippen LogP contribution in [-0.2, 0) is 11.3 Å². The molecule has 21 heavy (non-hydrogen) atoms. The number of hydrogen-bond donors (Lipinski definition) is 0. The van der Waals surface area contributed by atoms with E-state index in [1.807, 2.05) is 34.1 Å². The quantitative estimate of drug-likeness (QED) is 0.530. The number of halogens is 3. The molecule has 0 saturated carbocycles. The first-order chi connectivity index (χ1) is 10.1. The van der Waals surface area contributed by atoms with Crippen LogP contribution in [0.5, 0.6) is 0 Å². The molecule has 3 rings (SSSR count). The van der Waals surface area contributed by atoms with E-state index in [2.05, 4.69) is 4.98 Å². The molecule has 1 fully saturated rings. The minimum Gasteiger partial charge on any atom is -0.378 e. The lowest BCUT2D eigenvalue weighted by molar-refractivity contribution is 0.100. The van der Waals surface area contributed by atoms with E-state index in [4.69, 9.17) is 16.3 Å². The molecule has 0 N–H and O–H groups in total. The number of benzene rings is 1. The number of rotatable bonds is 4. The van der Waals surface area contributed by atoms with E-state index in [1.54, 1.807) is 12.1 Å². The largest absolute Gasteiger partial charge is 0.378 e. The molecule has 3 nitrogen and oxygen atoms in total. The van der Waals surface area contributed by atoms with Crippen LogP contribution in [0.25, 0.3) is 11.0 Å². The monoisotopic (exact) mass is 422 g/mol. The molecule has 1 aromatic carbocycles. The van der Waals surface area contributed by atoms with Crippen LogP contribution in [0.15, 0.2) is 12.1 Å². The first-order valence-electron chi connectivity index (χ1n) is 7.17. The van der Waals surface area contributed by atoms with E-state index < -0.39 is 0 Å². The van der Waals surface area contributed by atoms with Crippen LogP contribution in [0.4, 0.5) is 4.39 Å². The Balaban J connectivity index is 1.96. The lowest BCUT2D eigenvalue weighted by Gasteiger charge is -2.14. The summed E-state index contributed by atoms with van der Waals surface area (Å²) in [6, 6.07) is 3.33. The number of ether oxygens (including phenoxy) is 1. The van der Waals surface area contributed by atoms with Crippen molar-refractivity contribution in [2.45, 2.75) is 44.2 Å². The van der Waals surface area contributed by atoms with E-state index in [1.165, 1.54) is 0 Å². The van der Waals surface area contributed by atoms with Crippen molar-refractivity contribution < 1.29 is 9.13 Å². The lowest BCUT2D eigenvalue weighted by Crippen LogP contribution is -2.12. The predicted octanol–water partition coefficient (Wildman–Crippen LogP) is 4.65. The Morgan fingerprint density at radius 1 is 1.57 bits per heavy atom. The van der Waals surface area contributed by atoms with Gasteiger partial charge in [-0.3, -0.25) is 0 Å². The molecule has 2 atom stereocenters. The van der Waals surface area contributed by atoms with Gasteiger partial charge in [0.2, 0.25) is 0 Å². The van der Waals surface area contributed by atoms with Gasteiger partial charge in [-0.15, -0.1) is 11.6 Å². The summed E-state index contributed by atoms with van der Waals surface area (Å²) >= 11 is 8.23. The minimum absolute atomic E-state index is 0.206. The van der Waals surface area contributed by atoms with E-state index in [0.29, 0.717) is 9.67 Å². The molecule has 0 radical (unpaired) electrons. The molecule has 0 bridgehead atoms. The maximum atomic E-state index is 13.9. The molecule has 6 heteroatoms. The highest BCUT2D eigenvalue weighted by atomic mass is 127. The number of imidazole rings is 1. The number of hydrogen-bond acceptors (Lipinski definition) is 2. The Morgan fingerprint density at radius 3 is 3.05 bits per heavy atom. The fraction of sp³-hybridized carbons (Fsp3) is 0.533. The van der Waals surface area contributed by atoms with Crippen molar-refractivity contribution in [2.24, 2.45) is 0 Å². The zero-order valence-corrected chi connectivity index (χ0v) is 14.7. The van der Waals surface area contributed by atoms with Crippen molar-refractivity contribution in [1.82, 2.24) is 9.55 Å². The molecule has 1 saturated heterocycles. The Hall–Kier alpha value is -0.400. The summed E-state index contributed by atoms with van der Waals surface area (Å²) in [5.74, 6) is 0.584. The summed E-state index contributed by atoms with van der Waals surface area (Å²) in [4.78, 5) is 4.58. The lowest BCUT2D eigenvalue weighted by atomic mass is 10.2. The predicted molar refractivity (Wildman–Crippen MR) is 90.3 cm³/mol. The third kappa shape index (κ3) is 3.19. The van der Waals surface area contributed by atoms with Gasteiger partial charge in [0.15, 0.2) is 0 Å². The van der Waals surface area contributed by atoms with E-state index in [-0.39, 0.29) is 11.2 Å². The highest BCUT2D eigenvalue weighted by molar-refractivity contribution is 14.1. The van der Waals surface area contributed by atoms with Crippen molar-refractivity contribution in [3.63, 3.8) is 0 Å². The van der Waals surface area contributed by atoms with Gasteiger partial charge in [-0.25, -0.2) is 9.37 Å². The number of aromatic nitrogens is 2. The Morgan fingerprint density at radius 2 is 2.38 bits per heavy atom. The van der Waals surface area contributed by atoms with Crippen LogP contribution >= 0.6 is 34.2 Å². The summed E-state index contributed by atoms with van der Waals surface area (Å²) in [6.07, 6.45) is 3.44. The second-order valence-electron chi connectivity index (χ2n) is 5.42. The van der Waals surface area contributed by atoms with E-state index >= 15 is 0 Å². The minimum atomic E-state index is -0.213. The van der Waals surface area contributed by atoms with Crippen LogP contribution in [0.2, 0.25) is 0 Å². The van der Waals surface area contributed by atoms with Gasteiger partial charge in [0.05, 0.1) is 26.1 Å². The van der Waals surface area contributed by atoms with Gasteiger partial charge >= 0.3 is 0 Å². The molecule has 2 unspecified atom stereocenters. The summed E-state index contributed by atoms with van der Waals surface area (Å²) in [6.45, 7) is 3.50. The summed E-state index contributed by atoms with van der Waals surface area (Å²) in [5.41, 5.74) is 1.61. The number of nitrogens with zero attached hydrogens (tertiary/aromatic N) is 2. The number of fused-ring (bicyclic) bond motifs is 1. The van der Waals surface area contributed by atoms with E-state index in [0.717, 1.165) is 49.3 Å². The molecule has 0 amide bonds. The standard InChI is InChI=1S/C15H17ClFIN2O/c1-9(16)15-19-13-8-12(18)11(17)7-14(13)20(15)5-4-10-3-2-6-21-10/h7-10H,2-6H2,1H3. The van der Waals surface area contributed by atoms with Gasteiger partial charge < -0.3 is 9.30 Å². The van der Waals surface area contributed by atoms with Crippen LogP contribution in [0, 0.1) is 9.39 Å². The number of aryl methyl sites for hydroxylation is 1. The third-order valence-electron chi connectivity index (χ3n) is 3.87. The Bertz CT molecular complexity index is 653. The third-order valence-corrected chi connectivity index (χ3v) is 4.90. The molecular weight excluding hydrogens is 406 g/mol. The van der Waals surface area contributed by atoms with Gasteiger partial charge in [0, 0.05) is 19.2 Å². The van der Waals surface area contributed by atoms with Gasteiger partial charge in [-0.05, 0) is 54.8 Å². The molecule has 1 aliphatic rings. The second-order valence-corrected chi connectivity index (χ2v) is 7.23. The van der Waals surface area contributed by atoms with Crippen LogP contribution in [0.3, 0.4) is 0 Å². The molecule has 1 aromatic heterocycles. The second kappa shape index (κ2) is 6.38. The molecule has 2 heterocycles. The van der Waals surface area contributed by atoms with Gasteiger partial charge in [-0.1, -0.05) is 0 Å². The maximum absolute atomic E-state index is 13.9. The van der Waals surface area contributed by atoms with Crippen molar-refractivity contribution in [3.8, 4) is 0 Å². The summed E-state index contributed by atoms with van der Waals surface area (Å²) < 4.78 is 22.2. The first-order valence-corrected chi connectivity index (χ1v) is 8.68. The molecule has 2 aromatic rings. The number of alkyl halides is 1. The normalized spacial score (nSPS) is 20.3. The van der Waals surface area contributed by atoms with Crippen LogP contribution < -0.4 is 0 Å². The fourth-order valence-electron chi connectivity index (χ4n) is 2.82. The highest BCUT2D eigenvalue weighted by Crippen LogP contribution is 2.28. The van der Waals surface area contributed by atoms with Crippen LogP contribution in [0.1, 0.15) is 37.4 Å². The summed E-state index contributed by atoms with van der Waals surface area (Å²) in [5, 5.41) is -0.206. The molecular formula is C15H17ClFIN2O. The zero-order chi connectivity index (χ0) is 15.0. The molecule has 0 aliphatic carbocycles. The molecule has 0 spiro atoms. The smallest absolute Gasteiger partial charge is 0.138 e. The average Bonchev–Trinajstić information content (AvgIpc) is 3.05. The van der Waals surface area contributed by atoms with Crippen molar-refractivity contribution in [3.05, 3.63) is 27.3 Å². The molecule has 1 aliphatic heterocycles. The summed E-state index contributed by atoms with van der Waals surface area (Å²) in [7, 11) is 0. The van der Waals surface area contributed by atoms with Crippen LogP contribution in [-0.4, -0.2) is 22.3 Å². The maximum Gasteiger partial charge on any atom is 0.138 e. The van der Waals surface area contributed by atoms with Gasteiger partial charge in [-0.2, -0.15) is 0 Å². The average molecular weight is 423 g/mol. The fourth-order valence-corrected chi connectivity index (χ4v) is 3.44. The Kier molecular flexibility index (Phi) is 4.71. The highest BCUT2D eigenvalue weighted by Gasteiger charge is 2.20. The SMILES string of the molecule is CC(Cl)c1nc2cc(I)c(F)cc2n1CCC1CCCO1. The van der Waals surface area contributed by atoms with Crippen molar-refractivity contribution in [2.75, 3.05) is 6.61 Å². The van der Waals surface area contributed by atoms with Gasteiger partial charge in [0.25, 0.3) is 0 Å². The van der Waals surface area contributed by atoms with Gasteiger partial charge in [0.1, 0.15) is 11.6 Å². The first kappa shape index (κ1) is 15.5. The van der Waals surface area contributed by atoms with E-state index in [9.17, 15) is 4.39 Å². The Labute approximate surface area is 142 Å². The van der Waals surface area contributed by atoms with Crippen molar-refractivity contribution >= 4 is 45.2 Å². The van der Waals surface area contributed by atoms with Crippen molar-refractivity contribution in [1.29, 1.82) is 0 Å².